The van der Waals surface area contributed by atoms with Crippen LogP contribution < -0.4 is 10.2 Å². The van der Waals surface area contributed by atoms with E-state index in [1.807, 2.05) is 25.2 Å². The average molecular weight is 453 g/mol. The van der Waals surface area contributed by atoms with Crippen molar-refractivity contribution in [2.75, 3.05) is 58.4 Å². The molecular formula is C16H26ClIN4O. The summed E-state index contributed by atoms with van der Waals surface area (Å²) in [4.78, 5) is 9.03. The van der Waals surface area contributed by atoms with Crippen LogP contribution in [0, 0.1) is 0 Å². The minimum atomic E-state index is 0. The van der Waals surface area contributed by atoms with Crippen LogP contribution in [-0.2, 0) is 4.74 Å². The lowest BCUT2D eigenvalue weighted by atomic mass is 10.2. The van der Waals surface area contributed by atoms with Crippen molar-refractivity contribution in [2.24, 2.45) is 4.99 Å². The van der Waals surface area contributed by atoms with Crippen molar-refractivity contribution in [3.05, 3.63) is 29.3 Å². The summed E-state index contributed by atoms with van der Waals surface area (Å²) in [6.45, 7) is 5.51. The third kappa shape index (κ3) is 6.35. The molecule has 0 amide bonds. The third-order valence-electron chi connectivity index (χ3n) is 3.77. The molecular weight excluding hydrogens is 427 g/mol. The fraction of sp³-hybridized carbons (Fsp3) is 0.562. The lowest BCUT2D eigenvalue weighted by molar-refractivity contribution is 0.195. The molecule has 0 atom stereocenters. The van der Waals surface area contributed by atoms with Gasteiger partial charge in [0.2, 0.25) is 0 Å². The van der Waals surface area contributed by atoms with Crippen molar-refractivity contribution in [3.8, 4) is 0 Å². The van der Waals surface area contributed by atoms with Gasteiger partial charge in [-0.25, -0.2) is 0 Å². The third-order valence-corrected chi connectivity index (χ3v) is 4.01. The van der Waals surface area contributed by atoms with Gasteiger partial charge in [-0.15, -0.1) is 24.0 Å². The van der Waals surface area contributed by atoms with Crippen LogP contribution in [0.1, 0.15) is 6.42 Å². The van der Waals surface area contributed by atoms with Gasteiger partial charge in [-0.2, -0.15) is 0 Å². The van der Waals surface area contributed by atoms with Crippen LogP contribution in [0.25, 0.3) is 0 Å². The van der Waals surface area contributed by atoms with E-state index in [1.54, 1.807) is 7.11 Å². The molecule has 0 unspecified atom stereocenters. The van der Waals surface area contributed by atoms with E-state index in [4.69, 9.17) is 16.3 Å². The number of aliphatic imine (C=N–C) groups is 1. The number of methoxy groups -OCH3 is 1. The first-order chi connectivity index (χ1) is 10.7. The second-order valence-electron chi connectivity index (χ2n) is 5.27. The molecule has 1 N–H and O–H groups in total. The quantitative estimate of drug-likeness (QED) is 0.323. The molecule has 0 aromatic heterocycles. The Morgan fingerprint density at radius 3 is 2.65 bits per heavy atom. The van der Waals surface area contributed by atoms with E-state index in [1.165, 1.54) is 5.69 Å². The number of nitrogens with zero attached hydrogens (tertiary/aromatic N) is 3. The largest absolute Gasteiger partial charge is 0.385 e. The maximum absolute atomic E-state index is 6.07. The van der Waals surface area contributed by atoms with E-state index < -0.39 is 0 Å². The Morgan fingerprint density at radius 2 is 2.04 bits per heavy atom. The first kappa shape index (κ1) is 20.3. The first-order valence-electron chi connectivity index (χ1n) is 7.69. The normalized spacial score (nSPS) is 15.3. The standard InChI is InChI=1S/C16H25ClN4O.HI/c1-18-16(19-7-4-12-22-2)21-10-8-20(9-11-21)15-6-3-5-14(17)13-15;/h3,5-6,13H,4,7-12H2,1-2H3,(H,18,19);1H. The number of anilines is 1. The number of nitrogens with one attached hydrogen (secondary N) is 1. The Bertz CT molecular complexity index is 493. The molecule has 1 saturated heterocycles. The summed E-state index contributed by atoms with van der Waals surface area (Å²) in [5.74, 6) is 0.974. The monoisotopic (exact) mass is 452 g/mol. The number of hydrogen-bond donors (Lipinski definition) is 1. The molecule has 23 heavy (non-hydrogen) atoms. The molecule has 1 aliphatic heterocycles. The van der Waals surface area contributed by atoms with Crippen LogP contribution in [0.15, 0.2) is 29.3 Å². The van der Waals surface area contributed by atoms with Crippen LogP contribution in [0.3, 0.4) is 0 Å². The molecule has 1 aliphatic rings. The fourth-order valence-electron chi connectivity index (χ4n) is 2.60. The number of guanidine groups is 1. The van der Waals surface area contributed by atoms with Crippen LogP contribution in [0.4, 0.5) is 5.69 Å². The van der Waals surface area contributed by atoms with Crippen molar-refractivity contribution in [1.82, 2.24) is 10.2 Å². The van der Waals surface area contributed by atoms with Gasteiger partial charge in [0.15, 0.2) is 5.96 Å². The van der Waals surface area contributed by atoms with Gasteiger partial charge in [0.25, 0.3) is 0 Å². The second kappa shape index (κ2) is 10.9. The summed E-state index contributed by atoms with van der Waals surface area (Å²) in [6.07, 6.45) is 0.984. The van der Waals surface area contributed by atoms with Gasteiger partial charge in [0, 0.05) is 64.2 Å². The van der Waals surface area contributed by atoms with Gasteiger partial charge >= 0.3 is 0 Å². The average Bonchev–Trinajstić information content (AvgIpc) is 2.55. The molecule has 1 aromatic carbocycles. The Kier molecular flexibility index (Phi) is 9.66. The fourth-order valence-corrected chi connectivity index (χ4v) is 2.78. The molecule has 0 radical (unpaired) electrons. The minimum absolute atomic E-state index is 0. The summed E-state index contributed by atoms with van der Waals surface area (Å²) in [7, 11) is 3.56. The zero-order valence-corrected chi connectivity index (χ0v) is 16.9. The van der Waals surface area contributed by atoms with Gasteiger partial charge in [-0.1, -0.05) is 17.7 Å². The lowest BCUT2D eigenvalue weighted by Crippen LogP contribution is -2.52. The maximum atomic E-state index is 6.07. The van der Waals surface area contributed by atoms with Crippen LogP contribution in [0.2, 0.25) is 5.02 Å². The summed E-state index contributed by atoms with van der Waals surface area (Å²) < 4.78 is 5.06. The molecule has 5 nitrogen and oxygen atoms in total. The summed E-state index contributed by atoms with van der Waals surface area (Å²) in [6, 6.07) is 8.04. The zero-order valence-electron chi connectivity index (χ0n) is 13.8. The van der Waals surface area contributed by atoms with E-state index in [2.05, 4.69) is 26.2 Å². The van der Waals surface area contributed by atoms with Crippen molar-refractivity contribution < 1.29 is 4.74 Å². The lowest BCUT2D eigenvalue weighted by Gasteiger charge is -2.37. The summed E-state index contributed by atoms with van der Waals surface area (Å²) in [5, 5.41) is 4.18. The number of piperazine rings is 1. The van der Waals surface area contributed by atoms with E-state index in [0.717, 1.165) is 56.7 Å². The minimum Gasteiger partial charge on any atom is -0.385 e. The van der Waals surface area contributed by atoms with Crippen molar-refractivity contribution in [2.45, 2.75) is 6.42 Å². The number of hydrogen-bond acceptors (Lipinski definition) is 3. The molecule has 0 spiro atoms. The van der Waals surface area contributed by atoms with Gasteiger partial charge in [0.1, 0.15) is 0 Å². The van der Waals surface area contributed by atoms with E-state index in [-0.39, 0.29) is 24.0 Å². The number of rotatable bonds is 5. The Hall–Kier alpha value is -0.730. The van der Waals surface area contributed by atoms with Crippen LogP contribution in [-0.4, -0.2) is 64.3 Å². The van der Waals surface area contributed by atoms with Gasteiger partial charge in [0.05, 0.1) is 0 Å². The van der Waals surface area contributed by atoms with Crippen molar-refractivity contribution >= 4 is 47.2 Å². The molecule has 1 heterocycles. The number of halogens is 2. The van der Waals surface area contributed by atoms with Gasteiger partial charge < -0.3 is 19.9 Å². The maximum Gasteiger partial charge on any atom is 0.193 e. The van der Waals surface area contributed by atoms with Gasteiger partial charge in [-0.05, 0) is 24.6 Å². The highest BCUT2D eigenvalue weighted by Gasteiger charge is 2.19. The Balaban J connectivity index is 0.00000264. The van der Waals surface area contributed by atoms with Gasteiger partial charge in [-0.3, -0.25) is 4.99 Å². The van der Waals surface area contributed by atoms with Crippen molar-refractivity contribution in [1.29, 1.82) is 0 Å². The van der Waals surface area contributed by atoms with Crippen LogP contribution in [0.5, 0.6) is 0 Å². The predicted octanol–water partition coefficient (Wildman–Crippen LogP) is 2.69. The molecule has 0 bridgehead atoms. The molecule has 0 aliphatic carbocycles. The van der Waals surface area contributed by atoms with E-state index in [9.17, 15) is 0 Å². The molecule has 2 rings (SSSR count). The Morgan fingerprint density at radius 1 is 1.30 bits per heavy atom. The highest BCUT2D eigenvalue weighted by Crippen LogP contribution is 2.20. The summed E-state index contributed by atoms with van der Waals surface area (Å²) in [5.41, 5.74) is 1.19. The molecule has 130 valence electrons. The predicted molar refractivity (Wildman–Crippen MR) is 109 cm³/mol. The Labute approximate surface area is 161 Å². The topological polar surface area (TPSA) is 40.1 Å². The molecule has 7 heteroatoms. The zero-order chi connectivity index (χ0) is 15.8. The molecule has 0 saturated carbocycles. The van der Waals surface area contributed by atoms with Crippen molar-refractivity contribution in [3.63, 3.8) is 0 Å². The molecule has 1 fully saturated rings. The molecule has 1 aromatic rings. The van der Waals surface area contributed by atoms with E-state index >= 15 is 0 Å². The number of benzene rings is 1. The highest BCUT2D eigenvalue weighted by atomic mass is 127. The summed E-state index contributed by atoms with van der Waals surface area (Å²) >= 11 is 6.07. The highest BCUT2D eigenvalue weighted by molar-refractivity contribution is 14.0. The SMILES string of the molecule is CN=C(NCCCOC)N1CCN(c2cccc(Cl)c2)CC1.I. The van der Waals surface area contributed by atoms with Crippen LogP contribution >= 0.6 is 35.6 Å². The first-order valence-corrected chi connectivity index (χ1v) is 8.07. The van der Waals surface area contributed by atoms with E-state index in [0.29, 0.717) is 0 Å². The second-order valence-corrected chi connectivity index (χ2v) is 5.71. The smallest absolute Gasteiger partial charge is 0.193 e. The number of ether oxygens (including phenoxy) is 1.